The van der Waals surface area contributed by atoms with Crippen LogP contribution in [0.2, 0.25) is 0 Å². The number of amides is 2. The van der Waals surface area contributed by atoms with Gasteiger partial charge in [0.25, 0.3) is 5.91 Å². The molecule has 1 aliphatic heterocycles. The van der Waals surface area contributed by atoms with Crippen LogP contribution in [0.15, 0.2) is 24.3 Å². The molecule has 2 atom stereocenters. The highest BCUT2D eigenvalue weighted by atomic mass is 16.2. The molecule has 2 aliphatic rings. The zero-order valence-corrected chi connectivity index (χ0v) is 6.99. The standard InChI is InChI=1S/C9H10N2O2/c10-9-4-2-1-3-6(9)5-7(12)11-8(9)13/h1-4,6H,5,10H2,(H,11,12,13). The minimum atomic E-state index is -1.03. The summed E-state index contributed by atoms with van der Waals surface area (Å²) in [5.41, 5.74) is 4.84. The van der Waals surface area contributed by atoms with Crippen molar-refractivity contribution in [3.05, 3.63) is 24.3 Å². The third-order valence-electron chi connectivity index (χ3n) is 2.49. The van der Waals surface area contributed by atoms with E-state index < -0.39 is 11.4 Å². The second kappa shape index (κ2) is 2.53. The Morgan fingerprint density at radius 3 is 3.00 bits per heavy atom. The number of carbonyl (C=O) groups excluding carboxylic acids is 2. The molecule has 1 heterocycles. The number of hydrogen-bond acceptors (Lipinski definition) is 3. The van der Waals surface area contributed by atoms with Gasteiger partial charge in [0.15, 0.2) is 0 Å². The van der Waals surface area contributed by atoms with E-state index in [1.165, 1.54) is 0 Å². The summed E-state index contributed by atoms with van der Waals surface area (Å²) in [7, 11) is 0. The largest absolute Gasteiger partial charge is 0.314 e. The number of nitrogens with one attached hydrogen (secondary N) is 1. The third-order valence-corrected chi connectivity index (χ3v) is 2.49. The Bertz CT molecular complexity index is 333. The molecule has 1 fully saturated rings. The number of imide groups is 1. The van der Waals surface area contributed by atoms with E-state index in [0.717, 1.165) is 0 Å². The predicted octanol–water partition coefficient (Wildman–Crippen LogP) is -0.527. The zero-order valence-electron chi connectivity index (χ0n) is 6.99. The molecular weight excluding hydrogens is 168 g/mol. The first-order valence-electron chi connectivity index (χ1n) is 4.12. The van der Waals surface area contributed by atoms with E-state index in [0.29, 0.717) is 0 Å². The van der Waals surface area contributed by atoms with Crippen molar-refractivity contribution in [2.24, 2.45) is 11.7 Å². The van der Waals surface area contributed by atoms with Crippen LogP contribution in [0.3, 0.4) is 0 Å². The molecule has 0 aromatic heterocycles. The van der Waals surface area contributed by atoms with Gasteiger partial charge in [-0.1, -0.05) is 24.3 Å². The molecule has 13 heavy (non-hydrogen) atoms. The smallest absolute Gasteiger partial charge is 0.251 e. The van der Waals surface area contributed by atoms with Crippen molar-refractivity contribution in [2.45, 2.75) is 12.0 Å². The molecule has 0 aromatic carbocycles. The van der Waals surface area contributed by atoms with E-state index in [2.05, 4.69) is 5.32 Å². The Morgan fingerprint density at radius 2 is 2.23 bits per heavy atom. The first-order chi connectivity index (χ1) is 6.13. The molecule has 2 unspecified atom stereocenters. The number of allylic oxidation sites excluding steroid dienone is 2. The predicted molar refractivity (Wildman–Crippen MR) is 46.5 cm³/mol. The molecule has 0 saturated carbocycles. The number of carbonyl (C=O) groups is 2. The third kappa shape index (κ3) is 1.10. The fraction of sp³-hybridized carbons (Fsp3) is 0.333. The molecule has 4 nitrogen and oxygen atoms in total. The summed E-state index contributed by atoms with van der Waals surface area (Å²) in [5, 5.41) is 2.23. The van der Waals surface area contributed by atoms with Crippen LogP contribution in [-0.4, -0.2) is 17.4 Å². The van der Waals surface area contributed by atoms with Crippen LogP contribution in [0.25, 0.3) is 0 Å². The van der Waals surface area contributed by atoms with Gasteiger partial charge in [0, 0.05) is 12.3 Å². The lowest BCUT2D eigenvalue weighted by Crippen LogP contribution is -2.63. The van der Waals surface area contributed by atoms with E-state index in [9.17, 15) is 9.59 Å². The molecule has 0 bridgehead atoms. The maximum atomic E-state index is 11.4. The summed E-state index contributed by atoms with van der Waals surface area (Å²) in [4.78, 5) is 22.4. The minimum Gasteiger partial charge on any atom is -0.314 e. The molecule has 0 aromatic rings. The lowest BCUT2D eigenvalue weighted by atomic mass is 9.76. The summed E-state index contributed by atoms with van der Waals surface area (Å²) in [6.45, 7) is 0. The average molecular weight is 178 g/mol. The van der Waals surface area contributed by atoms with Crippen molar-refractivity contribution in [1.82, 2.24) is 5.32 Å². The maximum Gasteiger partial charge on any atom is 0.251 e. The molecule has 1 aliphatic carbocycles. The molecule has 3 N–H and O–H groups in total. The number of fused-ring (bicyclic) bond motifs is 1. The monoisotopic (exact) mass is 178 g/mol. The van der Waals surface area contributed by atoms with Crippen molar-refractivity contribution in [3.8, 4) is 0 Å². The molecule has 68 valence electrons. The maximum absolute atomic E-state index is 11.4. The van der Waals surface area contributed by atoms with Gasteiger partial charge >= 0.3 is 0 Å². The molecule has 4 heteroatoms. The van der Waals surface area contributed by atoms with Crippen LogP contribution in [0, 0.1) is 5.92 Å². The SMILES string of the molecule is NC12C=CC=CC1CC(=O)NC2=O. The first kappa shape index (κ1) is 8.19. The zero-order chi connectivity index (χ0) is 9.47. The fourth-order valence-electron chi connectivity index (χ4n) is 1.66. The Hall–Kier alpha value is -1.42. The van der Waals surface area contributed by atoms with Crippen LogP contribution >= 0.6 is 0 Å². The average Bonchev–Trinajstić information content (AvgIpc) is 2.07. The minimum absolute atomic E-state index is 0.196. The Morgan fingerprint density at radius 1 is 1.46 bits per heavy atom. The van der Waals surface area contributed by atoms with Crippen LogP contribution in [-0.2, 0) is 9.59 Å². The topological polar surface area (TPSA) is 72.2 Å². The molecule has 0 radical (unpaired) electrons. The summed E-state index contributed by atoms with van der Waals surface area (Å²) in [6, 6.07) is 0. The Balaban J connectivity index is 2.38. The highest BCUT2D eigenvalue weighted by Gasteiger charge is 2.44. The summed E-state index contributed by atoms with van der Waals surface area (Å²) < 4.78 is 0. The Kier molecular flexibility index (Phi) is 1.60. The van der Waals surface area contributed by atoms with E-state index >= 15 is 0 Å². The highest BCUT2D eigenvalue weighted by molar-refractivity contribution is 6.04. The molecule has 0 spiro atoms. The second-order valence-corrected chi connectivity index (χ2v) is 3.36. The van der Waals surface area contributed by atoms with Crippen molar-refractivity contribution < 1.29 is 9.59 Å². The van der Waals surface area contributed by atoms with Gasteiger partial charge in [0.2, 0.25) is 5.91 Å². The van der Waals surface area contributed by atoms with Crippen molar-refractivity contribution >= 4 is 11.8 Å². The number of piperidine rings is 1. The van der Waals surface area contributed by atoms with E-state index in [1.807, 2.05) is 6.08 Å². The van der Waals surface area contributed by atoms with Crippen LogP contribution < -0.4 is 11.1 Å². The van der Waals surface area contributed by atoms with Crippen molar-refractivity contribution in [2.75, 3.05) is 0 Å². The van der Waals surface area contributed by atoms with Crippen LogP contribution in [0.1, 0.15) is 6.42 Å². The van der Waals surface area contributed by atoms with Gasteiger partial charge < -0.3 is 5.73 Å². The van der Waals surface area contributed by atoms with E-state index in [1.54, 1.807) is 18.2 Å². The number of rotatable bonds is 0. The van der Waals surface area contributed by atoms with Gasteiger partial charge in [-0.25, -0.2) is 0 Å². The van der Waals surface area contributed by atoms with Gasteiger partial charge in [-0.3, -0.25) is 14.9 Å². The van der Waals surface area contributed by atoms with E-state index in [4.69, 9.17) is 5.73 Å². The van der Waals surface area contributed by atoms with Crippen LogP contribution in [0.4, 0.5) is 0 Å². The summed E-state index contributed by atoms with van der Waals surface area (Å²) in [6.07, 6.45) is 7.26. The van der Waals surface area contributed by atoms with Crippen molar-refractivity contribution in [3.63, 3.8) is 0 Å². The number of nitrogens with two attached hydrogens (primary N) is 1. The van der Waals surface area contributed by atoms with Gasteiger partial charge in [-0.2, -0.15) is 0 Å². The van der Waals surface area contributed by atoms with Crippen LogP contribution in [0.5, 0.6) is 0 Å². The lowest BCUT2D eigenvalue weighted by Gasteiger charge is -2.36. The second-order valence-electron chi connectivity index (χ2n) is 3.36. The fourth-order valence-corrected chi connectivity index (χ4v) is 1.66. The summed E-state index contributed by atoms with van der Waals surface area (Å²) >= 11 is 0. The molecular formula is C9H10N2O2. The summed E-state index contributed by atoms with van der Waals surface area (Å²) in [5.74, 6) is -0.857. The first-order valence-corrected chi connectivity index (χ1v) is 4.12. The highest BCUT2D eigenvalue weighted by Crippen LogP contribution is 2.28. The van der Waals surface area contributed by atoms with Crippen molar-refractivity contribution in [1.29, 1.82) is 0 Å². The molecule has 1 saturated heterocycles. The Labute approximate surface area is 75.5 Å². The normalized spacial score (nSPS) is 37.2. The lowest BCUT2D eigenvalue weighted by molar-refractivity contribution is -0.137. The number of hydrogen-bond donors (Lipinski definition) is 2. The van der Waals surface area contributed by atoms with Gasteiger partial charge in [0.1, 0.15) is 5.54 Å². The van der Waals surface area contributed by atoms with E-state index in [-0.39, 0.29) is 18.2 Å². The van der Waals surface area contributed by atoms with Gasteiger partial charge in [0.05, 0.1) is 0 Å². The van der Waals surface area contributed by atoms with Gasteiger partial charge in [-0.15, -0.1) is 0 Å². The molecule has 2 amide bonds. The quantitative estimate of drug-likeness (QED) is 0.490. The molecule has 2 rings (SSSR count). The van der Waals surface area contributed by atoms with Gasteiger partial charge in [-0.05, 0) is 0 Å².